The third-order valence-corrected chi connectivity index (χ3v) is 3.94. The molecular weight excluding hydrogens is 284 g/mol. The molecule has 0 unspecified atom stereocenters. The van der Waals surface area contributed by atoms with Crippen molar-refractivity contribution < 1.29 is 9.47 Å². The average Bonchev–Trinajstić information content (AvgIpc) is 2.50. The first-order valence-corrected chi connectivity index (χ1v) is 9.67. The third kappa shape index (κ3) is 16.4. The van der Waals surface area contributed by atoms with Crippen LogP contribution in [0.3, 0.4) is 0 Å². The van der Waals surface area contributed by atoms with Gasteiger partial charge in [0.05, 0.1) is 0 Å². The predicted molar refractivity (Wildman–Crippen MR) is 93.2 cm³/mol. The Morgan fingerprint density at radius 2 is 1.19 bits per heavy atom. The lowest BCUT2D eigenvalue weighted by atomic mass is 10.2. The molecule has 2 nitrogen and oxygen atoms in total. The summed E-state index contributed by atoms with van der Waals surface area (Å²) in [4.78, 5) is 0. The molecule has 0 saturated heterocycles. The van der Waals surface area contributed by atoms with E-state index in [4.69, 9.17) is 21.1 Å². The van der Waals surface area contributed by atoms with E-state index in [-0.39, 0.29) is 6.29 Å². The molecule has 0 aliphatic carbocycles. The summed E-state index contributed by atoms with van der Waals surface area (Å²) >= 11 is 5.72. The SMILES string of the molecule is CCCCCCOC(CCCCCCl)OCCCCCC. The molecule has 0 radical (unpaired) electrons. The van der Waals surface area contributed by atoms with Gasteiger partial charge >= 0.3 is 0 Å². The van der Waals surface area contributed by atoms with Crippen LogP contribution < -0.4 is 0 Å². The van der Waals surface area contributed by atoms with Crippen LogP contribution in [0.2, 0.25) is 0 Å². The number of hydrogen-bond acceptors (Lipinski definition) is 2. The van der Waals surface area contributed by atoms with Crippen LogP contribution in [0.5, 0.6) is 0 Å². The summed E-state index contributed by atoms with van der Waals surface area (Å²) < 4.78 is 11.8. The van der Waals surface area contributed by atoms with E-state index >= 15 is 0 Å². The molecular formula is C18H37ClO2. The molecule has 0 heterocycles. The maximum Gasteiger partial charge on any atom is 0.157 e. The number of hydrogen-bond donors (Lipinski definition) is 0. The van der Waals surface area contributed by atoms with Crippen LogP contribution in [0.1, 0.15) is 90.9 Å². The van der Waals surface area contributed by atoms with Crippen molar-refractivity contribution in [3.05, 3.63) is 0 Å². The summed E-state index contributed by atoms with van der Waals surface area (Å²) in [7, 11) is 0. The number of unbranched alkanes of at least 4 members (excludes halogenated alkanes) is 8. The molecule has 0 aromatic rings. The molecule has 0 bridgehead atoms. The molecule has 0 spiro atoms. The van der Waals surface area contributed by atoms with E-state index in [1.54, 1.807) is 0 Å². The maximum atomic E-state index is 5.92. The van der Waals surface area contributed by atoms with Crippen molar-refractivity contribution in [2.45, 2.75) is 97.2 Å². The van der Waals surface area contributed by atoms with Crippen molar-refractivity contribution in [3.63, 3.8) is 0 Å². The van der Waals surface area contributed by atoms with Gasteiger partial charge in [-0.1, -0.05) is 58.8 Å². The predicted octanol–water partition coefficient (Wildman–Crippen LogP) is 6.31. The minimum absolute atomic E-state index is 0.00331. The minimum atomic E-state index is 0.00331. The van der Waals surface area contributed by atoms with Gasteiger partial charge < -0.3 is 9.47 Å². The molecule has 0 amide bonds. The standard InChI is InChI=1S/C18H37ClO2/c1-3-5-7-12-16-20-18(14-10-9-11-15-19)21-17-13-8-6-4-2/h18H,3-17H2,1-2H3. The fraction of sp³-hybridized carbons (Fsp3) is 1.00. The fourth-order valence-electron chi connectivity index (χ4n) is 2.28. The van der Waals surface area contributed by atoms with Crippen LogP contribution in [0, 0.1) is 0 Å². The quantitative estimate of drug-likeness (QED) is 0.178. The molecule has 21 heavy (non-hydrogen) atoms. The Hall–Kier alpha value is 0.210. The summed E-state index contributed by atoms with van der Waals surface area (Å²) in [6.45, 7) is 6.16. The highest BCUT2D eigenvalue weighted by Crippen LogP contribution is 2.12. The summed E-state index contributed by atoms with van der Waals surface area (Å²) in [5.74, 6) is 0.764. The van der Waals surface area contributed by atoms with Crippen molar-refractivity contribution in [2.75, 3.05) is 19.1 Å². The van der Waals surface area contributed by atoms with E-state index in [0.29, 0.717) is 0 Å². The number of ether oxygens (including phenoxy) is 2. The topological polar surface area (TPSA) is 18.5 Å². The number of alkyl halides is 1. The molecule has 3 heteroatoms. The van der Waals surface area contributed by atoms with E-state index in [1.165, 1.54) is 44.9 Å². The van der Waals surface area contributed by atoms with Crippen molar-refractivity contribution >= 4 is 11.6 Å². The second kappa shape index (κ2) is 18.3. The molecule has 0 aromatic carbocycles. The van der Waals surface area contributed by atoms with Gasteiger partial charge in [-0.25, -0.2) is 0 Å². The Kier molecular flexibility index (Phi) is 18.4. The Morgan fingerprint density at radius 1 is 0.667 bits per heavy atom. The van der Waals surface area contributed by atoms with Gasteiger partial charge in [0.25, 0.3) is 0 Å². The van der Waals surface area contributed by atoms with Crippen LogP contribution in [-0.4, -0.2) is 25.4 Å². The van der Waals surface area contributed by atoms with E-state index in [1.807, 2.05) is 0 Å². The maximum absolute atomic E-state index is 5.92. The highest BCUT2D eigenvalue weighted by atomic mass is 35.5. The van der Waals surface area contributed by atoms with Gasteiger partial charge in [-0.3, -0.25) is 0 Å². The Balaban J connectivity index is 3.69. The summed E-state index contributed by atoms with van der Waals surface area (Å²) in [5.41, 5.74) is 0. The van der Waals surface area contributed by atoms with Gasteiger partial charge in [0.2, 0.25) is 0 Å². The lowest BCUT2D eigenvalue weighted by molar-refractivity contribution is -0.148. The highest BCUT2D eigenvalue weighted by Gasteiger charge is 2.09. The Labute approximate surface area is 137 Å². The summed E-state index contributed by atoms with van der Waals surface area (Å²) in [6, 6.07) is 0. The zero-order valence-corrected chi connectivity index (χ0v) is 15.1. The fourth-order valence-corrected chi connectivity index (χ4v) is 2.47. The van der Waals surface area contributed by atoms with Gasteiger partial charge in [0, 0.05) is 19.1 Å². The van der Waals surface area contributed by atoms with Gasteiger partial charge in [0.1, 0.15) is 0 Å². The largest absolute Gasteiger partial charge is 0.353 e. The van der Waals surface area contributed by atoms with Gasteiger partial charge in [-0.05, 0) is 32.1 Å². The van der Waals surface area contributed by atoms with Crippen molar-refractivity contribution in [3.8, 4) is 0 Å². The van der Waals surface area contributed by atoms with Crippen LogP contribution in [0.25, 0.3) is 0 Å². The van der Waals surface area contributed by atoms with Crippen LogP contribution in [0.15, 0.2) is 0 Å². The lowest BCUT2D eigenvalue weighted by Crippen LogP contribution is -2.19. The molecule has 0 aliphatic heterocycles. The Bertz CT molecular complexity index is 174. The number of rotatable bonds is 17. The van der Waals surface area contributed by atoms with E-state index < -0.39 is 0 Å². The molecule has 0 rings (SSSR count). The van der Waals surface area contributed by atoms with Crippen LogP contribution in [0.4, 0.5) is 0 Å². The van der Waals surface area contributed by atoms with Crippen molar-refractivity contribution in [1.82, 2.24) is 0 Å². The average molecular weight is 321 g/mol. The smallest absolute Gasteiger partial charge is 0.157 e. The third-order valence-electron chi connectivity index (χ3n) is 3.68. The van der Waals surface area contributed by atoms with Crippen molar-refractivity contribution in [2.24, 2.45) is 0 Å². The normalized spacial score (nSPS) is 11.4. The zero-order chi connectivity index (χ0) is 15.6. The van der Waals surface area contributed by atoms with E-state index in [9.17, 15) is 0 Å². The first-order valence-electron chi connectivity index (χ1n) is 9.14. The van der Waals surface area contributed by atoms with E-state index in [2.05, 4.69) is 13.8 Å². The zero-order valence-electron chi connectivity index (χ0n) is 14.4. The van der Waals surface area contributed by atoms with Crippen molar-refractivity contribution in [1.29, 1.82) is 0 Å². The van der Waals surface area contributed by atoms with Gasteiger partial charge in [-0.15, -0.1) is 11.6 Å². The monoisotopic (exact) mass is 320 g/mol. The summed E-state index contributed by atoms with van der Waals surface area (Å²) in [6.07, 6.45) is 14.5. The molecule has 0 fully saturated rings. The molecule has 0 saturated carbocycles. The molecule has 0 aliphatic rings. The lowest BCUT2D eigenvalue weighted by Gasteiger charge is -2.18. The number of halogens is 1. The van der Waals surface area contributed by atoms with E-state index in [0.717, 1.165) is 51.2 Å². The second-order valence-electron chi connectivity index (χ2n) is 5.83. The first kappa shape index (κ1) is 21.2. The molecule has 0 atom stereocenters. The van der Waals surface area contributed by atoms with Crippen LogP contribution in [-0.2, 0) is 9.47 Å². The molecule has 0 aromatic heterocycles. The van der Waals surface area contributed by atoms with Gasteiger partial charge in [-0.2, -0.15) is 0 Å². The first-order chi connectivity index (χ1) is 10.3. The minimum Gasteiger partial charge on any atom is -0.353 e. The van der Waals surface area contributed by atoms with Gasteiger partial charge in [0.15, 0.2) is 6.29 Å². The summed E-state index contributed by atoms with van der Waals surface area (Å²) in [5, 5.41) is 0. The molecule has 0 N–H and O–H groups in total. The van der Waals surface area contributed by atoms with Crippen LogP contribution >= 0.6 is 11.6 Å². The Morgan fingerprint density at radius 3 is 1.67 bits per heavy atom. The molecule has 128 valence electrons. The highest BCUT2D eigenvalue weighted by molar-refractivity contribution is 6.17. The second-order valence-corrected chi connectivity index (χ2v) is 6.21.